The number of para-hydroxylation sites is 1. The highest BCUT2D eigenvalue weighted by molar-refractivity contribution is 5.80. The molecule has 2 bridgehead atoms. The number of fused-ring (bicyclic) bond motifs is 2. The van der Waals surface area contributed by atoms with E-state index < -0.39 is 0 Å². The van der Waals surface area contributed by atoms with Gasteiger partial charge in [-0.15, -0.1) is 0 Å². The van der Waals surface area contributed by atoms with Gasteiger partial charge in [0.2, 0.25) is 0 Å². The molecule has 19 heavy (non-hydrogen) atoms. The number of allylic oxidation sites excluding steroid dienone is 1. The monoisotopic (exact) mass is 258 g/mol. The lowest BCUT2D eigenvalue weighted by atomic mass is 9.88. The van der Waals surface area contributed by atoms with E-state index in [1.54, 1.807) is 0 Å². The summed E-state index contributed by atoms with van der Waals surface area (Å²) in [6.45, 7) is 0.715. The van der Waals surface area contributed by atoms with Gasteiger partial charge < -0.3 is 9.47 Å². The van der Waals surface area contributed by atoms with E-state index in [4.69, 9.17) is 9.47 Å². The summed E-state index contributed by atoms with van der Waals surface area (Å²) in [6.07, 6.45) is 7.19. The van der Waals surface area contributed by atoms with Crippen LogP contribution in [0, 0.1) is 11.3 Å². The van der Waals surface area contributed by atoms with Crippen molar-refractivity contribution in [3.63, 3.8) is 0 Å². The quantitative estimate of drug-likeness (QED) is 0.463. The summed E-state index contributed by atoms with van der Waals surface area (Å²) >= 11 is 0. The van der Waals surface area contributed by atoms with Gasteiger partial charge in [-0.25, -0.2) is 0 Å². The molecule has 1 saturated carbocycles. The van der Waals surface area contributed by atoms with E-state index in [0.717, 1.165) is 25.0 Å². The van der Waals surface area contributed by atoms with Gasteiger partial charge in [-0.3, -0.25) is 4.79 Å². The highest BCUT2D eigenvalue weighted by Gasteiger charge is 2.47. The molecule has 2 unspecified atom stereocenters. The zero-order chi connectivity index (χ0) is 13.1. The van der Waals surface area contributed by atoms with Gasteiger partial charge in [0.15, 0.2) is 0 Å². The summed E-state index contributed by atoms with van der Waals surface area (Å²) in [6, 6.07) is 9.56. The summed E-state index contributed by atoms with van der Waals surface area (Å²) in [5, 5.41) is 0. The third-order valence-corrected chi connectivity index (χ3v) is 4.01. The second-order valence-corrected chi connectivity index (χ2v) is 5.32. The van der Waals surface area contributed by atoms with Gasteiger partial charge in [0, 0.05) is 0 Å². The number of hydrogen-bond donors (Lipinski definition) is 0. The Morgan fingerprint density at radius 1 is 1.26 bits per heavy atom. The molecule has 2 atom stereocenters. The highest BCUT2D eigenvalue weighted by atomic mass is 16.6. The SMILES string of the molecule is O=C(OCCOc1ccccc1)C12C=CC(CC1)C2. The molecule has 0 heterocycles. The minimum atomic E-state index is -0.322. The van der Waals surface area contributed by atoms with Crippen LogP contribution in [0.4, 0.5) is 0 Å². The number of rotatable bonds is 5. The Hall–Kier alpha value is -1.77. The standard InChI is InChI=1S/C16H18O3/c17-15(16-8-6-13(12-16)7-9-16)19-11-10-18-14-4-2-1-3-5-14/h1-6,8,13H,7,9-12H2. The van der Waals surface area contributed by atoms with Crippen molar-refractivity contribution in [1.29, 1.82) is 0 Å². The smallest absolute Gasteiger partial charge is 0.316 e. The molecular formula is C16H18O3. The van der Waals surface area contributed by atoms with E-state index in [1.807, 2.05) is 36.4 Å². The van der Waals surface area contributed by atoms with E-state index in [2.05, 4.69) is 6.08 Å². The number of benzene rings is 1. The molecule has 3 nitrogen and oxygen atoms in total. The molecule has 0 aromatic heterocycles. The van der Waals surface area contributed by atoms with Crippen LogP contribution in [-0.4, -0.2) is 19.2 Å². The van der Waals surface area contributed by atoms with Crippen molar-refractivity contribution in [3.8, 4) is 5.75 Å². The minimum Gasteiger partial charge on any atom is -0.490 e. The van der Waals surface area contributed by atoms with Gasteiger partial charge >= 0.3 is 5.97 Å². The summed E-state index contributed by atoms with van der Waals surface area (Å²) in [7, 11) is 0. The second-order valence-electron chi connectivity index (χ2n) is 5.32. The van der Waals surface area contributed by atoms with Gasteiger partial charge in [0.1, 0.15) is 19.0 Å². The fourth-order valence-electron chi connectivity index (χ4n) is 2.96. The molecule has 0 N–H and O–H groups in total. The molecule has 3 rings (SSSR count). The predicted molar refractivity (Wildman–Crippen MR) is 71.8 cm³/mol. The van der Waals surface area contributed by atoms with E-state index in [1.165, 1.54) is 0 Å². The zero-order valence-electron chi connectivity index (χ0n) is 10.9. The van der Waals surface area contributed by atoms with Crippen LogP contribution >= 0.6 is 0 Å². The Bertz CT molecular complexity index is 480. The van der Waals surface area contributed by atoms with Gasteiger partial charge in [0.05, 0.1) is 5.41 Å². The number of ether oxygens (including phenoxy) is 2. The van der Waals surface area contributed by atoms with Crippen LogP contribution in [-0.2, 0) is 9.53 Å². The summed E-state index contributed by atoms with van der Waals surface area (Å²) in [4.78, 5) is 12.1. The lowest BCUT2D eigenvalue weighted by Gasteiger charge is -2.21. The van der Waals surface area contributed by atoms with E-state index >= 15 is 0 Å². The molecule has 2 aliphatic rings. The maximum absolute atomic E-state index is 12.1. The Morgan fingerprint density at radius 3 is 2.74 bits per heavy atom. The molecule has 0 radical (unpaired) electrons. The van der Waals surface area contributed by atoms with E-state index in [-0.39, 0.29) is 11.4 Å². The molecule has 0 amide bonds. The highest BCUT2D eigenvalue weighted by Crippen LogP contribution is 2.49. The molecule has 1 fully saturated rings. The molecule has 1 aromatic rings. The number of carbonyl (C=O) groups excluding carboxylic acids is 1. The van der Waals surface area contributed by atoms with Crippen LogP contribution < -0.4 is 4.74 Å². The second kappa shape index (κ2) is 5.08. The Labute approximate surface area is 113 Å². The topological polar surface area (TPSA) is 35.5 Å². The maximum atomic E-state index is 12.1. The number of esters is 1. The molecule has 0 aliphatic heterocycles. The van der Waals surface area contributed by atoms with E-state index in [0.29, 0.717) is 19.1 Å². The van der Waals surface area contributed by atoms with Gasteiger partial charge in [-0.05, 0) is 37.3 Å². The molecule has 2 aliphatic carbocycles. The average Bonchev–Trinajstić information content (AvgIpc) is 3.06. The van der Waals surface area contributed by atoms with Crippen molar-refractivity contribution < 1.29 is 14.3 Å². The van der Waals surface area contributed by atoms with Crippen LogP contribution in [0.1, 0.15) is 19.3 Å². The number of carbonyl (C=O) groups is 1. The summed E-state index contributed by atoms with van der Waals surface area (Å²) in [5.74, 6) is 1.31. The zero-order valence-corrected chi connectivity index (χ0v) is 10.9. The lowest BCUT2D eigenvalue weighted by Crippen LogP contribution is -2.28. The maximum Gasteiger partial charge on any atom is 0.316 e. The predicted octanol–water partition coefficient (Wildman–Crippen LogP) is 2.96. The van der Waals surface area contributed by atoms with Crippen molar-refractivity contribution >= 4 is 5.97 Å². The minimum absolute atomic E-state index is 0.0830. The largest absolute Gasteiger partial charge is 0.490 e. The van der Waals surface area contributed by atoms with Crippen LogP contribution in [0.3, 0.4) is 0 Å². The molecule has 0 spiro atoms. The lowest BCUT2D eigenvalue weighted by molar-refractivity contribution is -0.153. The van der Waals surface area contributed by atoms with Crippen LogP contribution in [0.2, 0.25) is 0 Å². The first-order valence-electron chi connectivity index (χ1n) is 6.83. The average molecular weight is 258 g/mol. The molecule has 0 saturated heterocycles. The van der Waals surface area contributed by atoms with Gasteiger partial charge in [-0.2, -0.15) is 0 Å². The fourth-order valence-corrected chi connectivity index (χ4v) is 2.96. The van der Waals surface area contributed by atoms with Crippen LogP contribution in [0.15, 0.2) is 42.5 Å². The van der Waals surface area contributed by atoms with Crippen LogP contribution in [0.25, 0.3) is 0 Å². The third-order valence-electron chi connectivity index (χ3n) is 4.01. The van der Waals surface area contributed by atoms with Crippen molar-refractivity contribution in [2.75, 3.05) is 13.2 Å². The van der Waals surface area contributed by atoms with Crippen LogP contribution in [0.5, 0.6) is 5.75 Å². The fraction of sp³-hybridized carbons (Fsp3) is 0.438. The number of hydrogen-bond acceptors (Lipinski definition) is 3. The van der Waals surface area contributed by atoms with Crippen molar-refractivity contribution in [2.45, 2.75) is 19.3 Å². The van der Waals surface area contributed by atoms with Crippen molar-refractivity contribution in [3.05, 3.63) is 42.5 Å². The third kappa shape index (κ3) is 2.50. The Balaban J connectivity index is 1.43. The van der Waals surface area contributed by atoms with E-state index in [9.17, 15) is 4.79 Å². The first-order chi connectivity index (χ1) is 9.28. The normalized spacial score (nSPS) is 27.5. The summed E-state index contributed by atoms with van der Waals surface area (Å²) < 4.78 is 10.9. The molecule has 100 valence electrons. The van der Waals surface area contributed by atoms with Gasteiger partial charge in [-0.1, -0.05) is 30.4 Å². The molecule has 3 heteroatoms. The Kier molecular flexibility index (Phi) is 3.28. The first-order valence-corrected chi connectivity index (χ1v) is 6.83. The first kappa shape index (κ1) is 12.3. The van der Waals surface area contributed by atoms with Crippen molar-refractivity contribution in [2.24, 2.45) is 11.3 Å². The molecule has 1 aromatic carbocycles. The van der Waals surface area contributed by atoms with Gasteiger partial charge in [0.25, 0.3) is 0 Å². The van der Waals surface area contributed by atoms with Crippen molar-refractivity contribution in [1.82, 2.24) is 0 Å². The Morgan fingerprint density at radius 2 is 2.11 bits per heavy atom. The molecular weight excluding hydrogens is 240 g/mol. The summed E-state index contributed by atoms with van der Waals surface area (Å²) in [5.41, 5.74) is -0.322.